The van der Waals surface area contributed by atoms with Crippen molar-refractivity contribution in [1.29, 1.82) is 0 Å². The predicted molar refractivity (Wildman–Crippen MR) is 35.7 cm³/mol. The summed E-state index contributed by atoms with van der Waals surface area (Å²) in [7, 11) is -0.953. The second kappa shape index (κ2) is 5.04. The third-order valence-corrected chi connectivity index (χ3v) is 1.66. The highest BCUT2D eigenvalue weighted by molar-refractivity contribution is 7.84. The molecule has 0 aromatic heterocycles. The minimum Gasteiger partial charge on any atom is -0.284 e. The zero-order chi connectivity index (χ0) is 7.28. The lowest BCUT2D eigenvalue weighted by Crippen LogP contribution is -2.05. The van der Waals surface area contributed by atoms with E-state index in [1.165, 1.54) is 6.26 Å². The molecular formula is C3H8O4S2. The van der Waals surface area contributed by atoms with Crippen LogP contribution in [-0.4, -0.2) is 31.6 Å². The van der Waals surface area contributed by atoms with Gasteiger partial charge in [0.25, 0.3) is 0 Å². The lowest BCUT2D eigenvalue weighted by Gasteiger charge is -1.93. The molecule has 0 spiro atoms. The third-order valence-electron chi connectivity index (χ3n) is 0.555. The summed E-state index contributed by atoms with van der Waals surface area (Å²) in [5, 5.41) is 0. The fourth-order valence-electron chi connectivity index (χ4n) is 0.223. The highest BCUT2D eigenvalue weighted by atomic mass is 32.2. The first-order valence-corrected chi connectivity index (χ1v) is 4.93. The Balaban J connectivity index is 3.10. The van der Waals surface area contributed by atoms with Gasteiger partial charge in [0.15, 0.2) is 0 Å². The quantitative estimate of drug-likeness (QED) is 0.582. The highest BCUT2D eigenvalue weighted by Gasteiger charge is 1.94. The van der Waals surface area contributed by atoms with Gasteiger partial charge in [-0.2, -0.15) is 4.21 Å². The molecule has 0 aromatic rings. The summed E-state index contributed by atoms with van der Waals surface area (Å²) >= 11 is -2.22. The number of hydrogen-bond acceptors (Lipinski definition) is 3. The summed E-state index contributed by atoms with van der Waals surface area (Å²) in [4.78, 5) is 0. The van der Waals surface area contributed by atoms with Crippen LogP contribution in [0.4, 0.5) is 0 Å². The standard InChI is InChI=1S/C3H8O4S2/c1-8(4)3-2-7-9(5)6/h2-3H2,1H3,(H,5,6). The molecule has 9 heavy (non-hydrogen) atoms. The highest BCUT2D eigenvalue weighted by Crippen LogP contribution is 1.80. The van der Waals surface area contributed by atoms with E-state index in [0.717, 1.165) is 0 Å². The van der Waals surface area contributed by atoms with Crippen molar-refractivity contribution >= 4 is 22.2 Å². The van der Waals surface area contributed by atoms with Crippen molar-refractivity contribution < 1.29 is 17.2 Å². The Morgan fingerprint density at radius 2 is 2.11 bits per heavy atom. The SMILES string of the molecule is CS(=O)CCOS(=O)O. The van der Waals surface area contributed by atoms with Gasteiger partial charge in [0.05, 0.1) is 6.61 Å². The molecule has 2 unspecified atom stereocenters. The van der Waals surface area contributed by atoms with Crippen LogP contribution in [0.3, 0.4) is 0 Å². The van der Waals surface area contributed by atoms with Gasteiger partial charge < -0.3 is 0 Å². The van der Waals surface area contributed by atoms with Crippen LogP contribution in [0.25, 0.3) is 0 Å². The van der Waals surface area contributed by atoms with Gasteiger partial charge in [0.2, 0.25) is 0 Å². The first-order chi connectivity index (χ1) is 4.13. The summed E-state index contributed by atoms with van der Waals surface area (Å²) < 4.78 is 32.3. The minimum absolute atomic E-state index is 0.0617. The van der Waals surface area contributed by atoms with Gasteiger partial charge in [-0.05, 0) is 0 Å². The molecule has 0 aliphatic heterocycles. The first-order valence-electron chi connectivity index (χ1n) is 2.17. The molecule has 0 aromatic carbocycles. The zero-order valence-corrected chi connectivity index (χ0v) is 6.54. The Morgan fingerprint density at radius 1 is 1.56 bits per heavy atom. The average Bonchev–Trinajstić information content (AvgIpc) is 1.63. The number of rotatable bonds is 4. The second-order valence-corrected chi connectivity index (χ2v) is 3.54. The van der Waals surface area contributed by atoms with E-state index in [0.29, 0.717) is 5.75 Å². The Bertz CT molecular complexity index is 109. The van der Waals surface area contributed by atoms with E-state index in [4.69, 9.17) is 4.55 Å². The van der Waals surface area contributed by atoms with Gasteiger partial charge in [-0.3, -0.25) is 12.9 Å². The smallest absolute Gasteiger partial charge is 0.284 e. The fourth-order valence-corrected chi connectivity index (χ4v) is 0.872. The molecule has 0 rings (SSSR count). The van der Waals surface area contributed by atoms with Gasteiger partial charge in [-0.15, -0.1) is 0 Å². The Hall–Kier alpha value is 0.220. The van der Waals surface area contributed by atoms with E-state index >= 15 is 0 Å². The molecular weight excluding hydrogens is 164 g/mol. The summed E-state index contributed by atoms with van der Waals surface area (Å²) in [6.07, 6.45) is 1.50. The lowest BCUT2D eigenvalue weighted by molar-refractivity contribution is 0.327. The van der Waals surface area contributed by atoms with Crippen LogP contribution in [-0.2, 0) is 26.3 Å². The van der Waals surface area contributed by atoms with E-state index in [1.807, 2.05) is 0 Å². The maximum atomic E-state index is 10.3. The van der Waals surface area contributed by atoms with Crippen LogP contribution in [0, 0.1) is 0 Å². The molecule has 0 saturated carbocycles. The van der Waals surface area contributed by atoms with Crippen molar-refractivity contribution in [3.05, 3.63) is 0 Å². The maximum Gasteiger partial charge on any atom is 0.301 e. The second-order valence-electron chi connectivity index (χ2n) is 1.32. The molecule has 0 fully saturated rings. The molecule has 6 heteroatoms. The molecule has 2 atom stereocenters. The molecule has 56 valence electrons. The molecule has 0 bridgehead atoms. The van der Waals surface area contributed by atoms with Gasteiger partial charge >= 0.3 is 11.4 Å². The van der Waals surface area contributed by atoms with E-state index in [9.17, 15) is 8.42 Å². The summed E-state index contributed by atoms with van der Waals surface area (Å²) in [6, 6.07) is 0. The van der Waals surface area contributed by atoms with E-state index in [1.54, 1.807) is 0 Å². The van der Waals surface area contributed by atoms with Crippen LogP contribution in [0.15, 0.2) is 0 Å². The topological polar surface area (TPSA) is 63.6 Å². The van der Waals surface area contributed by atoms with Gasteiger partial charge in [0.1, 0.15) is 0 Å². The van der Waals surface area contributed by atoms with Gasteiger partial charge in [-0.25, -0.2) is 0 Å². The molecule has 0 saturated heterocycles. The number of hydrogen-bond donors (Lipinski definition) is 1. The third kappa shape index (κ3) is 8.22. The van der Waals surface area contributed by atoms with Crippen LogP contribution < -0.4 is 0 Å². The minimum atomic E-state index is -2.22. The van der Waals surface area contributed by atoms with Crippen LogP contribution in [0.5, 0.6) is 0 Å². The molecule has 0 heterocycles. The van der Waals surface area contributed by atoms with Crippen molar-refractivity contribution in [3.8, 4) is 0 Å². The lowest BCUT2D eigenvalue weighted by atomic mass is 10.9. The maximum absolute atomic E-state index is 10.3. The van der Waals surface area contributed by atoms with Crippen molar-refractivity contribution in [2.45, 2.75) is 0 Å². The molecule has 0 aliphatic carbocycles. The Kier molecular flexibility index (Phi) is 5.16. The van der Waals surface area contributed by atoms with E-state index in [2.05, 4.69) is 4.18 Å². The molecule has 0 amide bonds. The summed E-state index contributed by atoms with van der Waals surface area (Å²) in [5.41, 5.74) is 0. The average molecular weight is 172 g/mol. The van der Waals surface area contributed by atoms with Crippen molar-refractivity contribution in [3.63, 3.8) is 0 Å². The Morgan fingerprint density at radius 3 is 2.44 bits per heavy atom. The van der Waals surface area contributed by atoms with Crippen molar-refractivity contribution in [2.24, 2.45) is 0 Å². The first kappa shape index (κ1) is 9.22. The van der Waals surface area contributed by atoms with Gasteiger partial charge in [-0.1, -0.05) is 0 Å². The van der Waals surface area contributed by atoms with Crippen molar-refractivity contribution in [2.75, 3.05) is 18.6 Å². The predicted octanol–water partition coefficient (Wildman–Crippen LogP) is -0.482. The van der Waals surface area contributed by atoms with Gasteiger partial charge in [0, 0.05) is 22.8 Å². The fraction of sp³-hybridized carbons (Fsp3) is 1.00. The van der Waals surface area contributed by atoms with E-state index < -0.39 is 22.2 Å². The van der Waals surface area contributed by atoms with Crippen LogP contribution in [0.2, 0.25) is 0 Å². The largest absolute Gasteiger partial charge is 0.301 e. The Labute approximate surface area is 58.5 Å². The summed E-state index contributed by atoms with van der Waals surface area (Å²) in [5.74, 6) is 0.298. The molecule has 0 radical (unpaired) electrons. The van der Waals surface area contributed by atoms with Crippen LogP contribution >= 0.6 is 0 Å². The normalized spacial score (nSPS) is 17.1. The van der Waals surface area contributed by atoms with E-state index in [-0.39, 0.29) is 6.61 Å². The molecule has 0 aliphatic rings. The van der Waals surface area contributed by atoms with Crippen LogP contribution in [0.1, 0.15) is 0 Å². The monoisotopic (exact) mass is 172 g/mol. The molecule has 4 nitrogen and oxygen atoms in total. The molecule has 1 N–H and O–H groups in total. The summed E-state index contributed by atoms with van der Waals surface area (Å²) in [6.45, 7) is 0.0617. The van der Waals surface area contributed by atoms with Crippen molar-refractivity contribution in [1.82, 2.24) is 0 Å². The zero-order valence-electron chi connectivity index (χ0n) is 4.90.